The Morgan fingerprint density at radius 3 is 0.909 bits per heavy atom. The number of rotatable bonds is 9. The van der Waals surface area contributed by atoms with Gasteiger partial charge in [-0.1, -0.05) is 243 Å². The first-order chi connectivity index (χ1) is 65.5. The Bertz CT molecular complexity index is 9520. The highest BCUT2D eigenvalue weighted by Crippen LogP contribution is 2.48. The number of para-hydroxylation sites is 8. The van der Waals surface area contributed by atoms with E-state index in [9.17, 15) is 0 Å². The molecule has 0 radical (unpaired) electrons. The fourth-order valence-electron chi connectivity index (χ4n) is 21.7. The molecule has 0 unspecified atom stereocenters. The molecule has 0 aliphatic carbocycles. The third-order valence-corrected chi connectivity index (χ3v) is 27.4. The molecule has 0 saturated heterocycles. The number of fused-ring (bicyclic) bond motifs is 27. The number of benzene rings is 17. The zero-order chi connectivity index (χ0) is 86.3. The second-order valence-electron chi connectivity index (χ2n) is 34.5. The Balaban J connectivity index is 0.000000102. The molecule has 12 nitrogen and oxygen atoms in total. The zero-order valence-corrected chi connectivity index (χ0v) is 70.9. The number of pyridine rings is 3. The van der Waals surface area contributed by atoms with Crippen LogP contribution in [0, 0.1) is 0 Å². The highest BCUT2D eigenvalue weighted by molar-refractivity contribution is 6.28. The molecule has 30 rings (SSSR count). The Labute approximate surface area is 753 Å². The molecule has 17 aromatic carbocycles. The largest absolute Gasteiger partial charge is 0.309 e. The SMILES string of the molecule is c1ccc(-c2nc(-c3ccccc3)nc(-c3cc4c5ccccc5n5c6ccc(-c7ccc8c(c7)c7ccccc7n8-c7ccncc7)cc6c(c3)c45)n2)cc1.c1ccc(-n2c3ccc(-c4ccc5c(c4)c4cccc6c7ccccc7n5c64)cc3c3ncccc32)cc1.c1cncc(-n2c3ccccc3c3cc(-c4ccc5c(c4)c4cccc6c7ccccc7n5c64)ccc32)c1. The average Bonchev–Trinajstić information content (AvgIpc) is 1.54. The third kappa shape index (κ3) is 11.0. The number of aromatic nitrogens is 12. The summed E-state index contributed by atoms with van der Waals surface area (Å²) >= 11 is 0. The lowest BCUT2D eigenvalue weighted by molar-refractivity contribution is 1.07. The molecule has 12 heteroatoms. The minimum absolute atomic E-state index is 0.647. The van der Waals surface area contributed by atoms with Crippen LogP contribution in [0.1, 0.15) is 0 Å². The summed E-state index contributed by atoms with van der Waals surface area (Å²) in [6, 6.07) is 146. The molecule has 13 aromatic heterocycles. The summed E-state index contributed by atoms with van der Waals surface area (Å²) < 4.78 is 14.2. The van der Waals surface area contributed by atoms with E-state index in [1.54, 1.807) is 0 Å². The second kappa shape index (κ2) is 28.8. The summed E-state index contributed by atoms with van der Waals surface area (Å²) in [5.74, 6) is 1.95. The lowest BCUT2D eigenvalue weighted by Crippen LogP contribution is -2.00. The molecule has 0 aliphatic rings. The Hall–Kier alpha value is -18.0. The molecular formula is C120H72N12. The predicted octanol–water partition coefficient (Wildman–Crippen LogP) is 30.2. The van der Waals surface area contributed by atoms with Crippen LogP contribution in [0.25, 0.3) is 264 Å². The van der Waals surface area contributed by atoms with Crippen molar-refractivity contribution in [1.82, 2.24) is 56.8 Å². The van der Waals surface area contributed by atoms with E-state index >= 15 is 0 Å². The lowest BCUT2D eigenvalue weighted by atomic mass is 9.99. The molecule has 0 aliphatic heterocycles. The maximum absolute atomic E-state index is 5.13. The Morgan fingerprint density at radius 1 is 0.159 bits per heavy atom. The van der Waals surface area contributed by atoms with Gasteiger partial charge < -0.3 is 26.9 Å². The van der Waals surface area contributed by atoms with Crippen molar-refractivity contribution in [3.8, 4) is 84.6 Å². The van der Waals surface area contributed by atoms with Gasteiger partial charge in [0.15, 0.2) is 17.5 Å². The van der Waals surface area contributed by atoms with Gasteiger partial charge in [0.05, 0.1) is 100 Å². The van der Waals surface area contributed by atoms with E-state index in [4.69, 9.17) is 19.9 Å². The van der Waals surface area contributed by atoms with Gasteiger partial charge in [0.2, 0.25) is 0 Å². The van der Waals surface area contributed by atoms with Crippen molar-refractivity contribution in [1.29, 1.82) is 0 Å². The summed E-state index contributed by atoms with van der Waals surface area (Å²) in [6.07, 6.45) is 9.35. The van der Waals surface area contributed by atoms with Gasteiger partial charge >= 0.3 is 0 Å². The van der Waals surface area contributed by atoms with Crippen molar-refractivity contribution in [2.45, 2.75) is 0 Å². The van der Waals surface area contributed by atoms with E-state index in [-0.39, 0.29) is 0 Å². The van der Waals surface area contributed by atoms with Crippen molar-refractivity contribution < 1.29 is 0 Å². The Morgan fingerprint density at radius 2 is 0.447 bits per heavy atom. The summed E-state index contributed by atoms with van der Waals surface area (Å²) in [5.41, 5.74) is 32.7. The number of hydrogen-bond donors (Lipinski definition) is 0. The van der Waals surface area contributed by atoms with Crippen molar-refractivity contribution in [3.05, 3.63) is 437 Å². The fraction of sp³-hybridized carbons (Fsp3) is 0. The van der Waals surface area contributed by atoms with Crippen molar-refractivity contribution >= 4 is 180 Å². The van der Waals surface area contributed by atoms with Crippen molar-refractivity contribution in [3.63, 3.8) is 0 Å². The first-order valence-corrected chi connectivity index (χ1v) is 44.8. The van der Waals surface area contributed by atoms with Gasteiger partial charge in [-0.2, -0.15) is 0 Å². The number of nitrogens with zero attached hydrogens (tertiary/aromatic N) is 12. The molecule has 0 atom stereocenters. The molecule has 612 valence electrons. The van der Waals surface area contributed by atoms with Crippen LogP contribution in [-0.4, -0.2) is 56.8 Å². The molecule has 0 amide bonds. The standard InChI is InChI=1S/C50H30N6.2C35H21N3/c1-3-11-31(12-4-1)48-52-49(32-13-5-2-6-14-32)54-50(53-48)35-29-41-38-16-8-10-18-44(38)56-46-22-20-34(28-40(46)42(30-35)47(41)56)33-19-21-45-39(27-33)37-15-7-9-17-43(37)55(45)36-23-25-51-26-24-36;1-4-13-32-25(8-1)27-10-5-11-28-30-20-23(15-17-34(30)38(32)35(27)28)22-14-16-33-29(19-22)26-9-2-3-12-31(26)37(33)24-7-6-18-36-21-24;1-2-8-24(9-3-1)37-32-18-16-23(21-29(32)34-33(37)14-7-19-36-34)22-15-17-31-28(20-22)27-12-6-11-26-25-10-4-5-13-30(25)38(31)35(26)27/h1-30H;2*1-21H. The van der Waals surface area contributed by atoms with E-state index < -0.39 is 0 Å². The second-order valence-corrected chi connectivity index (χ2v) is 34.5. The van der Waals surface area contributed by atoms with Gasteiger partial charge in [-0.3, -0.25) is 15.0 Å². The summed E-state index contributed by atoms with van der Waals surface area (Å²) in [4.78, 5) is 28.7. The van der Waals surface area contributed by atoms with Gasteiger partial charge in [0.25, 0.3) is 0 Å². The van der Waals surface area contributed by atoms with E-state index in [0.29, 0.717) is 17.5 Å². The zero-order valence-electron chi connectivity index (χ0n) is 70.9. The van der Waals surface area contributed by atoms with Crippen LogP contribution in [-0.2, 0) is 0 Å². The van der Waals surface area contributed by atoms with Crippen LogP contribution in [0.15, 0.2) is 437 Å². The van der Waals surface area contributed by atoms with E-state index in [1.807, 2.05) is 79.5 Å². The topological polar surface area (TPSA) is 105 Å². The molecule has 0 saturated carbocycles. The smallest absolute Gasteiger partial charge is 0.164 e. The molecule has 13 heterocycles. The van der Waals surface area contributed by atoms with Gasteiger partial charge in [0, 0.05) is 144 Å². The highest BCUT2D eigenvalue weighted by Gasteiger charge is 2.26. The molecule has 132 heavy (non-hydrogen) atoms. The normalized spacial score (nSPS) is 12.1. The summed E-state index contributed by atoms with van der Waals surface area (Å²) in [7, 11) is 0. The quantitative estimate of drug-likeness (QED) is 0.143. The van der Waals surface area contributed by atoms with Gasteiger partial charge in [-0.15, -0.1) is 0 Å². The predicted molar refractivity (Wildman–Crippen MR) is 546 cm³/mol. The van der Waals surface area contributed by atoms with Crippen molar-refractivity contribution in [2.24, 2.45) is 0 Å². The highest BCUT2D eigenvalue weighted by atomic mass is 15.0. The first kappa shape index (κ1) is 73.2. The molecule has 0 bridgehead atoms. The first-order valence-electron chi connectivity index (χ1n) is 44.8. The van der Waals surface area contributed by atoms with Crippen LogP contribution < -0.4 is 0 Å². The third-order valence-electron chi connectivity index (χ3n) is 27.4. The van der Waals surface area contributed by atoms with Crippen molar-refractivity contribution in [2.75, 3.05) is 0 Å². The molecular weight excluding hydrogens is 1610 g/mol. The molecule has 0 spiro atoms. The van der Waals surface area contributed by atoms with Crippen LogP contribution in [0.3, 0.4) is 0 Å². The molecule has 30 aromatic rings. The van der Waals surface area contributed by atoms with Gasteiger partial charge in [0.1, 0.15) is 0 Å². The lowest BCUT2D eigenvalue weighted by Gasteiger charge is -2.09. The van der Waals surface area contributed by atoms with E-state index in [0.717, 1.165) is 50.3 Å². The maximum atomic E-state index is 5.13. The average molecular weight is 1680 g/mol. The maximum Gasteiger partial charge on any atom is 0.164 e. The van der Waals surface area contributed by atoms with Crippen LogP contribution in [0.5, 0.6) is 0 Å². The minimum atomic E-state index is 0.647. The van der Waals surface area contributed by atoms with Gasteiger partial charge in [-0.05, 0) is 197 Å². The molecule has 0 N–H and O–H groups in total. The van der Waals surface area contributed by atoms with Crippen LogP contribution in [0.4, 0.5) is 0 Å². The van der Waals surface area contributed by atoms with E-state index in [1.165, 1.54) is 197 Å². The van der Waals surface area contributed by atoms with Gasteiger partial charge in [-0.25, -0.2) is 15.0 Å². The van der Waals surface area contributed by atoms with Crippen LogP contribution >= 0.6 is 0 Å². The summed E-state index contributed by atoms with van der Waals surface area (Å²) in [6.45, 7) is 0. The van der Waals surface area contributed by atoms with Crippen LogP contribution in [0.2, 0.25) is 0 Å². The minimum Gasteiger partial charge on any atom is -0.309 e. The molecule has 0 fully saturated rings. The Kier molecular flexibility index (Phi) is 16.0. The van der Waals surface area contributed by atoms with E-state index in [2.05, 4.69) is 395 Å². The summed E-state index contributed by atoms with van der Waals surface area (Å²) in [5, 5.41) is 21.3. The fourth-order valence-corrected chi connectivity index (χ4v) is 21.7. The monoisotopic (exact) mass is 1680 g/mol. The number of hydrogen-bond acceptors (Lipinski definition) is 6.